The van der Waals surface area contributed by atoms with Gasteiger partial charge < -0.3 is 5.32 Å². The van der Waals surface area contributed by atoms with E-state index < -0.39 is 0 Å². The molecule has 1 N–H and O–H groups in total. The first-order valence-corrected chi connectivity index (χ1v) is 8.75. The second-order valence-corrected chi connectivity index (χ2v) is 7.10. The zero-order valence-corrected chi connectivity index (χ0v) is 14.3. The normalized spacial score (nSPS) is 10.6. The summed E-state index contributed by atoms with van der Waals surface area (Å²) in [5, 5.41) is 7.83. The molecule has 2 aromatic heterocycles. The summed E-state index contributed by atoms with van der Waals surface area (Å²) < 4.78 is 0.981. The molecule has 21 heavy (non-hydrogen) atoms. The fourth-order valence-electron chi connectivity index (χ4n) is 1.84. The van der Waals surface area contributed by atoms with E-state index in [-0.39, 0.29) is 5.91 Å². The van der Waals surface area contributed by atoms with Crippen LogP contribution in [0.4, 0.5) is 5.69 Å². The van der Waals surface area contributed by atoms with Gasteiger partial charge in [0.1, 0.15) is 9.88 Å². The number of carbonyl (C=O) groups excluding carboxylic acids is 1. The highest BCUT2D eigenvalue weighted by molar-refractivity contribution is 9.10. The summed E-state index contributed by atoms with van der Waals surface area (Å²) in [5.74, 6) is -0.117. The molecule has 0 aliphatic rings. The predicted octanol–water partition coefficient (Wildman–Crippen LogP) is 5.19. The van der Waals surface area contributed by atoms with Gasteiger partial charge in [-0.15, -0.1) is 11.3 Å². The first-order chi connectivity index (χ1) is 10.1. The number of thiophene rings is 1. The Morgan fingerprint density at radius 2 is 2.00 bits per heavy atom. The number of nitrogens with zero attached hydrogens (tertiary/aromatic N) is 1. The second-order valence-electron chi connectivity index (χ2n) is 4.41. The van der Waals surface area contributed by atoms with Crippen LogP contribution in [0.2, 0.25) is 0 Å². The maximum absolute atomic E-state index is 12.4. The minimum Gasteiger partial charge on any atom is -0.321 e. The molecule has 0 unspecified atom stereocenters. The lowest BCUT2D eigenvalue weighted by Gasteiger charge is -2.03. The number of anilines is 1. The van der Waals surface area contributed by atoms with Gasteiger partial charge in [-0.05, 0) is 42.6 Å². The first kappa shape index (κ1) is 14.4. The van der Waals surface area contributed by atoms with Gasteiger partial charge in [-0.2, -0.15) is 11.3 Å². The molecule has 1 amide bonds. The number of rotatable bonds is 3. The number of hydrogen-bond donors (Lipinski definition) is 1. The van der Waals surface area contributed by atoms with Gasteiger partial charge in [0.25, 0.3) is 5.91 Å². The van der Waals surface area contributed by atoms with Crippen LogP contribution in [-0.4, -0.2) is 10.9 Å². The van der Waals surface area contributed by atoms with E-state index in [1.807, 2.05) is 48.0 Å². The first-order valence-electron chi connectivity index (χ1n) is 6.20. The molecule has 0 fully saturated rings. The Hall–Kier alpha value is -1.50. The number of hydrogen-bond acceptors (Lipinski definition) is 4. The molecule has 0 aliphatic carbocycles. The Morgan fingerprint density at radius 1 is 1.24 bits per heavy atom. The molecule has 0 radical (unpaired) electrons. The van der Waals surface area contributed by atoms with Crippen LogP contribution in [0.5, 0.6) is 0 Å². The Kier molecular flexibility index (Phi) is 4.19. The van der Waals surface area contributed by atoms with E-state index in [2.05, 4.69) is 26.2 Å². The average Bonchev–Trinajstić information content (AvgIpc) is 3.10. The van der Waals surface area contributed by atoms with Gasteiger partial charge in [0, 0.05) is 21.1 Å². The summed E-state index contributed by atoms with van der Waals surface area (Å²) in [7, 11) is 0. The van der Waals surface area contributed by atoms with E-state index >= 15 is 0 Å². The van der Waals surface area contributed by atoms with Crippen molar-refractivity contribution in [3.05, 3.63) is 56.1 Å². The molecule has 3 nitrogen and oxygen atoms in total. The summed E-state index contributed by atoms with van der Waals surface area (Å²) in [6.45, 7) is 1.86. The Bertz CT molecular complexity index is 764. The summed E-state index contributed by atoms with van der Waals surface area (Å²) in [5.41, 5.74) is 2.60. The van der Waals surface area contributed by atoms with Crippen LogP contribution in [0.1, 0.15) is 15.4 Å². The Morgan fingerprint density at radius 3 is 2.67 bits per heavy atom. The fourth-order valence-corrected chi connectivity index (χ4v) is 3.78. The van der Waals surface area contributed by atoms with Crippen LogP contribution in [0.3, 0.4) is 0 Å². The van der Waals surface area contributed by atoms with E-state index in [1.165, 1.54) is 11.3 Å². The SMILES string of the molecule is Cc1nc(-c2ccsc2)sc1C(=O)Nc1ccc(Br)cc1. The summed E-state index contributed by atoms with van der Waals surface area (Å²) >= 11 is 6.42. The topological polar surface area (TPSA) is 42.0 Å². The van der Waals surface area contributed by atoms with Gasteiger partial charge in [-0.25, -0.2) is 4.98 Å². The zero-order valence-electron chi connectivity index (χ0n) is 11.1. The number of nitrogens with one attached hydrogen (secondary N) is 1. The lowest BCUT2D eigenvalue weighted by atomic mass is 10.3. The van der Waals surface area contributed by atoms with Crippen molar-refractivity contribution in [2.45, 2.75) is 6.92 Å². The lowest BCUT2D eigenvalue weighted by Crippen LogP contribution is -2.11. The number of thiazole rings is 1. The maximum atomic E-state index is 12.4. The van der Waals surface area contributed by atoms with Crippen LogP contribution < -0.4 is 5.32 Å². The Balaban J connectivity index is 1.83. The largest absolute Gasteiger partial charge is 0.321 e. The van der Waals surface area contributed by atoms with Crippen molar-refractivity contribution in [3.63, 3.8) is 0 Å². The van der Waals surface area contributed by atoms with E-state index in [0.29, 0.717) is 4.88 Å². The number of carbonyl (C=O) groups is 1. The van der Waals surface area contributed by atoms with Gasteiger partial charge in [0.2, 0.25) is 0 Å². The van der Waals surface area contributed by atoms with Gasteiger partial charge >= 0.3 is 0 Å². The zero-order chi connectivity index (χ0) is 14.8. The molecule has 106 valence electrons. The van der Waals surface area contributed by atoms with E-state index in [9.17, 15) is 4.79 Å². The van der Waals surface area contributed by atoms with Crippen molar-refractivity contribution in [1.29, 1.82) is 0 Å². The van der Waals surface area contributed by atoms with Gasteiger partial charge in [0.05, 0.1) is 5.69 Å². The van der Waals surface area contributed by atoms with Crippen molar-refractivity contribution in [2.24, 2.45) is 0 Å². The third-order valence-electron chi connectivity index (χ3n) is 2.87. The second kappa shape index (κ2) is 6.09. The van der Waals surface area contributed by atoms with Crippen molar-refractivity contribution >= 4 is 50.2 Å². The molecular formula is C15H11BrN2OS2. The van der Waals surface area contributed by atoms with Crippen molar-refractivity contribution < 1.29 is 4.79 Å². The van der Waals surface area contributed by atoms with Crippen LogP contribution in [0.25, 0.3) is 10.6 Å². The fraction of sp³-hybridized carbons (Fsp3) is 0.0667. The van der Waals surface area contributed by atoms with E-state index in [1.54, 1.807) is 11.3 Å². The highest BCUT2D eigenvalue weighted by Gasteiger charge is 2.16. The Labute approximate surface area is 138 Å². The predicted molar refractivity (Wildman–Crippen MR) is 92.3 cm³/mol. The lowest BCUT2D eigenvalue weighted by molar-refractivity contribution is 0.103. The monoisotopic (exact) mass is 378 g/mol. The minimum atomic E-state index is -0.117. The molecule has 0 saturated carbocycles. The molecule has 3 aromatic rings. The molecular weight excluding hydrogens is 368 g/mol. The quantitative estimate of drug-likeness (QED) is 0.680. The minimum absolute atomic E-state index is 0.117. The third kappa shape index (κ3) is 3.23. The van der Waals surface area contributed by atoms with Gasteiger partial charge in [0.15, 0.2) is 0 Å². The summed E-state index contributed by atoms with van der Waals surface area (Å²) in [6.07, 6.45) is 0. The number of halogens is 1. The number of aromatic nitrogens is 1. The van der Waals surface area contributed by atoms with Crippen LogP contribution >= 0.6 is 38.6 Å². The van der Waals surface area contributed by atoms with Gasteiger partial charge in [-0.1, -0.05) is 15.9 Å². The molecule has 6 heteroatoms. The molecule has 1 aromatic carbocycles. The molecule has 3 rings (SSSR count). The van der Waals surface area contributed by atoms with Crippen molar-refractivity contribution in [3.8, 4) is 10.6 Å². The molecule has 0 bridgehead atoms. The molecule has 0 aliphatic heterocycles. The smallest absolute Gasteiger partial charge is 0.267 e. The van der Waals surface area contributed by atoms with Crippen LogP contribution in [-0.2, 0) is 0 Å². The summed E-state index contributed by atoms with van der Waals surface area (Å²) in [6, 6.07) is 9.52. The number of aryl methyl sites for hydroxylation is 1. The van der Waals surface area contributed by atoms with Crippen LogP contribution in [0.15, 0.2) is 45.6 Å². The molecule has 0 spiro atoms. The van der Waals surface area contributed by atoms with Gasteiger partial charge in [-0.3, -0.25) is 4.79 Å². The number of amides is 1. The number of benzene rings is 1. The van der Waals surface area contributed by atoms with Crippen LogP contribution in [0, 0.1) is 6.92 Å². The summed E-state index contributed by atoms with van der Waals surface area (Å²) in [4.78, 5) is 17.5. The van der Waals surface area contributed by atoms with E-state index in [0.717, 1.165) is 26.4 Å². The van der Waals surface area contributed by atoms with Crippen molar-refractivity contribution in [2.75, 3.05) is 5.32 Å². The maximum Gasteiger partial charge on any atom is 0.267 e. The molecule has 0 saturated heterocycles. The highest BCUT2D eigenvalue weighted by atomic mass is 79.9. The van der Waals surface area contributed by atoms with Crippen molar-refractivity contribution in [1.82, 2.24) is 4.98 Å². The average molecular weight is 379 g/mol. The highest BCUT2D eigenvalue weighted by Crippen LogP contribution is 2.30. The molecule has 0 atom stereocenters. The third-order valence-corrected chi connectivity index (χ3v) is 5.29. The molecule has 2 heterocycles. The van der Waals surface area contributed by atoms with E-state index in [4.69, 9.17) is 0 Å². The standard InChI is InChI=1S/C15H11BrN2OS2/c1-9-13(21-15(17-9)10-6-7-20-8-10)14(19)18-12-4-2-11(16)3-5-12/h2-8H,1H3,(H,18,19).